The number of carbonyl (C=O) groups is 2. The molecule has 0 radical (unpaired) electrons. The summed E-state index contributed by atoms with van der Waals surface area (Å²) in [5, 5.41) is 0.695. The zero-order valence-corrected chi connectivity index (χ0v) is 17.8. The number of hydrogen-bond acceptors (Lipinski definition) is 5. The third kappa shape index (κ3) is 4.31. The first kappa shape index (κ1) is 21.8. The highest BCUT2D eigenvalue weighted by Crippen LogP contribution is 2.25. The highest BCUT2D eigenvalue weighted by Gasteiger charge is 2.33. The van der Waals surface area contributed by atoms with Gasteiger partial charge in [-0.05, 0) is 42.8 Å². The maximum absolute atomic E-state index is 13.5. The van der Waals surface area contributed by atoms with Crippen LogP contribution in [-0.4, -0.2) is 59.9 Å². The van der Waals surface area contributed by atoms with Crippen molar-refractivity contribution in [3.8, 4) is 0 Å². The maximum Gasteiger partial charge on any atom is 0.327 e. The Kier molecular flexibility index (Phi) is 6.14. The van der Waals surface area contributed by atoms with Crippen LogP contribution in [0.3, 0.4) is 0 Å². The maximum atomic E-state index is 13.5. The molecule has 1 unspecified atom stereocenters. The molecular weight excluding hydrogens is 416 g/mol. The standard InChI is InChI=1S/C24H23F2N3O3/c1-15-20(13-17-5-8-19(26)14-21(17)27-15)23(30)29-11-9-28(10-12-29)22(24(31)32-2)16-3-6-18(25)7-4-16/h3-8,13-14,22H,9-12H2,1-2H3. The molecule has 1 amide bonds. The van der Waals surface area contributed by atoms with Crippen LogP contribution in [0, 0.1) is 18.6 Å². The highest BCUT2D eigenvalue weighted by molar-refractivity contribution is 5.98. The second-order valence-electron chi connectivity index (χ2n) is 7.76. The molecule has 166 valence electrons. The van der Waals surface area contributed by atoms with Gasteiger partial charge >= 0.3 is 5.97 Å². The Morgan fingerprint density at radius 2 is 1.62 bits per heavy atom. The molecule has 1 aliphatic heterocycles. The van der Waals surface area contributed by atoms with Crippen molar-refractivity contribution < 1.29 is 23.1 Å². The monoisotopic (exact) mass is 439 g/mol. The summed E-state index contributed by atoms with van der Waals surface area (Å²) in [6.07, 6.45) is 0. The predicted octanol–water partition coefficient (Wildman–Crippen LogP) is 3.49. The van der Waals surface area contributed by atoms with E-state index in [0.717, 1.165) is 0 Å². The molecule has 0 spiro atoms. The number of piperazine rings is 1. The fourth-order valence-electron chi connectivity index (χ4n) is 4.06. The van der Waals surface area contributed by atoms with Crippen molar-refractivity contribution in [3.63, 3.8) is 0 Å². The Balaban J connectivity index is 1.51. The van der Waals surface area contributed by atoms with Crippen LogP contribution >= 0.6 is 0 Å². The summed E-state index contributed by atoms with van der Waals surface area (Å²) in [6.45, 7) is 3.46. The van der Waals surface area contributed by atoms with Crippen molar-refractivity contribution in [1.29, 1.82) is 0 Å². The molecular formula is C24H23F2N3O3. The van der Waals surface area contributed by atoms with Gasteiger partial charge in [0.25, 0.3) is 5.91 Å². The van der Waals surface area contributed by atoms with Crippen molar-refractivity contribution in [1.82, 2.24) is 14.8 Å². The smallest absolute Gasteiger partial charge is 0.327 e. The summed E-state index contributed by atoms with van der Waals surface area (Å²) in [5.41, 5.74) is 2.15. The number of fused-ring (bicyclic) bond motifs is 1. The number of esters is 1. The minimum atomic E-state index is -0.670. The largest absolute Gasteiger partial charge is 0.468 e. The van der Waals surface area contributed by atoms with Crippen LogP contribution in [0.25, 0.3) is 10.9 Å². The zero-order chi connectivity index (χ0) is 22.8. The number of aromatic nitrogens is 1. The van der Waals surface area contributed by atoms with Crippen LogP contribution in [-0.2, 0) is 9.53 Å². The molecule has 1 fully saturated rings. The molecule has 32 heavy (non-hydrogen) atoms. The Morgan fingerprint density at radius 3 is 2.28 bits per heavy atom. The first-order chi connectivity index (χ1) is 15.4. The molecule has 2 aromatic carbocycles. The van der Waals surface area contributed by atoms with Gasteiger partial charge in [0.2, 0.25) is 0 Å². The minimum absolute atomic E-state index is 0.155. The second-order valence-corrected chi connectivity index (χ2v) is 7.76. The average molecular weight is 439 g/mol. The second kappa shape index (κ2) is 9.00. The van der Waals surface area contributed by atoms with Crippen LogP contribution in [0.15, 0.2) is 48.5 Å². The minimum Gasteiger partial charge on any atom is -0.468 e. The third-order valence-corrected chi connectivity index (χ3v) is 5.78. The molecule has 4 rings (SSSR count). The van der Waals surface area contributed by atoms with Gasteiger partial charge in [-0.3, -0.25) is 14.7 Å². The van der Waals surface area contributed by atoms with Crippen LogP contribution < -0.4 is 0 Å². The molecule has 1 saturated heterocycles. The lowest BCUT2D eigenvalue weighted by Crippen LogP contribution is -2.51. The molecule has 0 bridgehead atoms. The van der Waals surface area contributed by atoms with Crippen LogP contribution in [0.1, 0.15) is 27.7 Å². The number of nitrogens with zero attached hydrogens (tertiary/aromatic N) is 3. The summed E-state index contributed by atoms with van der Waals surface area (Å²) in [7, 11) is 1.32. The van der Waals surface area contributed by atoms with Gasteiger partial charge < -0.3 is 9.64 Å². The lowest BCUT2D eigenvalue weighted by atomic mass is 10.0. The normalized spacial score (nSPS) is 15.6. The van der Waals surface area contributed by atoms with Gasteiger partial charge in [0.1, 0.15) is 17.7 Å². The average Bonchev–Trinajstić information content (AvgIpc) is 2.80. The SMILES string of the molecule is COC(=O)C(c1ccc(F)cc1)N1CCN(C(=O)c2cc3ccc(F)cc3nc2C)CC1. The highest BCUT2D eigenvalue weighted by atomic mass is 19.1. The van der Waals surface area contributed by atoms with Crippen LogP contribution in [0.4, 0.5) is 8.78 Å². The van der Waals surface area contributed by atoms with Gasteiger partial charge in [0.15, 0.2) is 0 Å². The number of aryl methyl sites for hydroxylation is 1. The molecule has 8 heteroatoms. The topological polar surface area (TPSA) is 62.7 Å². The lowest BCUT2D eigenvalue weighted by Gasteiger charge is -2.38. The number of benzene rings is 2. The fourth-order valence-corrected chi connectivity index (χ4v) is 4.06. The zero-order valence-electron chi connectivity index (χ0n) is 17.8. The quantitative estimate of drug-likeness (QED) is 0.583. The number of carbonyl (C=O) groups excluding carboxylic acids is 2. The Morgan fingerprint density at radius 1 is 0.969 bits per heavy atom. The first-order valence-electron chi connectivity index (χ1n) is 10.3. The van der Waals surface area contributed by atoms with Crippen LogP contribution in [0.5, 0.6) is 0 Å². The van der Waals surface area contributed by atoms with E-state index in [1.807, 2.05) is 4.90 Å². The van der Waals surface area contributed by atoms with Crippen molar-refractivity contribution in [2.75, 3.05) is 33.3 Å². The van der Waals surface area contributed by atoms with Gasteiger partial charge in [-0.15, -0.1) is 0 Å². The number of hydrogen-bond donors (Lipinski definition) is 0. The van der Waals surface area contributed by atoms with E-state index >= 15 is 0 Å². The van der Waals surface area contributed by atoms with E-state index in [9.17, 15) is 18.4 Å². The molecule has 6 nitrogen and oxygen atoms in total. The summed E-state index contributed by atoms with van der Waals surface area (Å²) in [5.74, 6) is -1.34. The number of amides is 1. The molecule has 1 atom stereocenters. The van der Waals surface area contributed by atoms with E-state index in [-0.39, 0.29) is 17.5 Å². The van der Waals surface area contributed by atoms with Gasteiger partial charge in [-0.2, -0.15) is 0 Å². The Labute approximate surface area is 184 Å². The summed E-state index contributed by atoms with van der Waals surface area (Å²) >= 11 is 0. The van der Waals surface area contributed by atoms with Gasteiger partial charge in [-0.1, -0.05) is 12.1 Å². The first-order valence-corrected chi connectivity index (χ1v) is 10.3. The van der Waals surface area contributed by atoms with Gasteiger partial charge in [0, 0.05) is 37.6 Å². The molecule has 3 aromatic rings. The number of pyridine rings is 1. The summed E-state index contributed by atoms with van der Waals surface area (Å²) in [6, 6.07) is 11.1. The van der Waals surface area contributed by atoms with Gasteiger partial charge in [-0.25, -0.2) is 13.6 Å². The van der Waals surface area contributed by atoms with Crippen molar-refractivity contribution in [3.05, 3.63) is 77.0 Å². The molecule has 0 aliphatic carbocycles. The number of halogens is 2. The number of rotatable bonds is 4. The van der Waals surface area contributed by atoms with Crippen molar-refractivity contribution >= 4 is 22.8 Å². The Bertz CT molecular complexity index is 1160. The van der Waals surface area contributed by atoms with Crippen molar-refractivity contribution in [2.24, 2.45) is 0 Å². The lowest BCUT2D eigenvalue weighted by molar-refractivity contribution is -0.148. The van der Waals surface area contributed by atoms with E-state index in [2.05, 4.69) is 4.98 Å². The fraction of sp³-hybridized carbons (Fsp3) is 0.292. The van der Waals surface area contributed by atoms with Gasteiger partial charge in [0.05, 0.1) is 23.9 Å². The summed E-state index contributed by atoms with van der Waals surface area (Å²) in [4.78, 5) is 33.7. The van der Waals surface area contributed by atoms with Crippen LogP contribution in [0.2, 0.25) is 0 Å². The number of ether oxygens (including phenoxy) is 1. The molecule has 0 N–H and O–H groups in total. The molecule has 1 aliphatic rings. The third-order valence-electron chi connectivity index (χ3n) is 5.78. The van der Waals surface area contributed by atoms with E-state index < -0.39 is 12.0 Å². The summed E-state index contributed by atoms with van der Waals surface area (Å²) < 4.78 is 31.8. The molecule has 1 aromatic heterocycles. The Hall–Kier alpha value is -3.39. The molecule has 0 saturated carbocycles. The number of methoxy groups -OCH3 is 1. The molecule has 2 heterocycles. The van der Waals surface area contributed by atoms with E-state index in [4.69, 9.17) is 4.74 Å². The van der Waals surface area contributed by atoms with Crippen molar-refractivity contribution in [2.45, 2.75) is 13.0 Å². The predicted molar refractivity (Wildman–Crippen MR) is 115 cm³/mol. The van der Waals surface area contributed by atoms with E-state index in [0.29, 0.717) is 53.9 Å². The van der Waals surface area contributed by atoms with E-state index in [1.165, 1.54) is 31.4 Å². The van der Waals surface area contributed by atoms with E-state index in [1.54, 1.807) is 36.1 Å².